The second-order valence-corrected chi connectivity index (χ2v) is 5.71. The zero-order valence-electron chi connectivity index (χ0n) is 13.2. The third-order valence-electron chi connectivity index (χ3n) is 4.15. The average molecular weight is 342 g/mol. The van der Waals surface area contributed by atoms with Crippen molar-refractivity contribution < 1.29 is 39.8 Å². The van der Waals surface area contributed by atoms with E-state index >= 15 is 0 Å². The van der Waals surface area contributed by atoms with Crippen LogP contribution in [0.4, 0.5) is 0 Å². The number of carbonyl (C=O) groups excluding carboxylic acids is 1. The van der Waals surface area contributed by atoms with Crippen LogP contribution in [0, 0.1) is 0 Å². The Labute approximate surface area is 138 Å². The van der Waals surface area contributed by atoms with Gasteiger partial charge < -0.3 is 35.0 Å². The van der Waals surface area contributed by atoms with Gasteiger partial charge in [0.2, 0.25) is 0 Å². The van der Waals surface area contributed by atoms with Gasteiger partial charge in [-0.25, -0.2) is 0 Å². The van der Waals surface area contributed by atoms with Crippen molar-refractivity contribution in [3.05, 3.63) is 23.8 Å². The highest BCUT2D eigenvalue weighted by Crippen LogP contribution is 2.27. The number of ketones is 1. The maximum Gasteiger partial charge on any atom is 0.166 e. The van der Waals surface area contributed by atoms with Gasteiger partial charge in [0.15, 0.2) is 5.78 Å². The van der Waals surface area contributed by atoms with Crippen LogP contribution in [-0.4, -0.2) is 75.6 Å². The lowest BCUT2D eigenvalue weighted by atomic mass is 9.91. The van der Waals surface area contributed by atoms with Crippen molar-refractivity contribution in [3.8, 4) is 11.5 Å². The van der Waals surface area contributed by atoms with Crippen LogP contribution >= 0.6 is 0 Å². The number of rotatable bonds is 6. The molecule has 0 amide bonds. The summed E-state index contributed by atoms with van der Waals surface area (Å²) >= 11 is 0. The lowest BCUT2D eigenvalue weighted by molar-refractivity contribution is -0.230. The van der Waals surface area contributed by atoms with Gasteiger partial charge in [0.25, 0.3) is 0 Å². The fourth-order valence-electron chi connectivity index (χ4n) is 2.70. The van der Waals surface area contributed by atoms with E-state index in [0.717, 1.165) is 0 Å². The van der Waals surface area contributed by atoms with Crippen molar-refractivity contribution in [2.75, 3.05) is 13.7 Å². The average Bonchev–Trinajstić information content (AvgIpc) is 2.58. The summed E-state index contributed by atoms with van der Waals surface area (Å²) < 4.78 is 10.3. The van der Waals surface area contributed by atoms with Gasteiger partial charge in [-0.2, -0.15) is 0 Å². The number of methoxy groups -OCH3 is 1. The second-order valence-electron chi connectivity index (χ2n) is 5.71. The number of aliphatic hydroxyl groups is 4. The molecule has 1 aliphatic rings. The largest absolute Gasteiger partial charge is 0.507 e. The first-order valence-electron chi connectivity index (χ1n) is 7.59. The molecule has 0 aromatic heterocycles. The molecular formula is C16H22O8. The third kappa shape index (κ3) is 3.85. The van der Waals surface area contributed by atoms with Crippen molar-refractivity contribution in [2.45, 2.75) is 43.4 Å². The highest BCUT2D eigenvalue weighted by molar-refractivity contribution is 5.98. The Balaban J connectivity index is 2.00. The van der Waals surface area contributed by atoms with E-state index in [4.69, 9.17) is 14.6 Å². The molecule has 5 atom stereocenters. The van der Waals surface area contributed by atoms with E-state index in [0.29, 0.717) is 5.75 Å². The van der Waals surface area contributed by atoms with Crippen molar-refractivity contribution in [2.24, 2.45) is 0 Å². The van der Waals surface area contributed by atoms with E-state index in [1.54, 1.807) is 6.07 Å². The van der Waals surface area contributed by atoms with Gasteiger partial charge in [-0.3, -0.25) is 4.79 Å². The fourth-order valence-corrected chi connectivity index (χ4v) is 2.70. The first-order chi connectivity index (χ1) is 11.4. The SMILES string of the molecule is COc1ccc(C(=O)CC[C@@H]2O[C@H](CO)[C@@H](O)[C@H](O)[C@H]2O)c(O)c1. The van der Waals surface area contributed by atoms with E-state index in [1.807, 2.05) is 0 Å². The molecule has 1 aliphatic heterocycles. The lowest BCUT2D eigenvalue weighted by Crippen LogP contribution is -2.58. The molecule has 0 radical (unpaired) electrons. The number of aliphatic hydroxyl groups excluding tert-OH is 4. The van der Waals surface area contributed by atoms with Crippen LogP contribution in [0.1, 0.15) is 23.2 Å². The number of benzene rings is 1. The molecule has 1 heterocycles. The predicted molar refractivity (Wildman–Crippen MR) is 82.0 cm³/mol. The number of phenolic OH excluding ortho intramolecular Hbond substituents is 1. The molecule has 0 spiro atoms. The molecule has 0 unspecified atom stereocenters. The van der Waals surface area contributed by atoms with E-state index < -0.39 is 37.1 Å². The van der Waals surface area contributed by atoms with Crippen LogP contribution in [-0.2, 0) is 4.74 Å². The zero-order chi connectivity index (χ0) is 17.9. The Kier molecular flexibility index (Phi) is 6.14. The minimum absolute atomic E-state index is 0.0530. The summed E-state index contributed by atoms with van der Waals surface area (Å²) in [5.74, 6) is -0.168. The monoisotopic (exact) mass is 342 g/mol. The molecule has 0 aliphatic carbocycles. The number of hydrogen-bond acceptors (Lipinski definition) is 8. The summed E-state index contributed by atoms with van der Waals surface area (Å²) in [6.07, 6.45) is -6.18. The van der Waals surface area contributed by atoms with Gasteiger partial charge >= 0.3 is 0 Å². The first kappa shape index (κ1) is 18.6. The number of hydrogen-bond donors (Lipinski definition) is 5. The third-order valence-corrected chi connectivity index (χ3v) is 4.15. The Morgan fingerprint density at radius 1 is 1.17 bits per heavy atom. The molecule has 0 bridgehead atoms. The zero-order valence-corrected chi connectivity index (χ0v) is 13.2. The lowest BCUT2D eigenvalue weighted by Gasteiger charge is -2.40. The molecule has 2 rings (SSSR count). The Bertz CT molecular complexity index is 573. The van der Waals surface area contributed by atoms with Crippen LogP contribution < -0.4 is 4.74 Å². The van der Waals surface area contributed by atoms with E-state index in [-0.39, 0.29) is 29.9 Å². The van der Waals surface area contributed by atoms with Crippen LogP contribution in [0.2, 0.25) is 0 Å². The summed E-state index contributed by atoms with van der Waals surface area (Å²) in [7, 11) is 1.44. The number of aromatic hydroxyl groups is 1. The molecule has 8 nitrogen and oxygen atoms in total. The minimum Gasteiger partial charge on any atom is -0.507 e. The molecule has 24 heavy (non-hydrogen) atoms. The Morgan fingerprint density at radius 3 is 2.42 bits per heavy atom. The van der Waals surface area contributed by atoms with Gasteiger partial charge in [0.1, 0.15) is 35.9 Å². The van der Waals surface area contributed by atoms with Crippen molar-refractivity contribution in [1.82, 2.24) is 0 Å². The van der Waals surface area contributed by atoms with E-state index in [9.17, 15) is 25.2 Å². The first-order valence-corrected chi connectivity index (χ1v) is 7.59. The predicted octanol–water partition coefficient (Wildman–Crippen LogP) is -0.794. The Morgan fingerprint density at radius 2 is 1.83 bits per heavy atom. The molecule has 1 aromatic rings. The standard InChI is InChI=1S/C16H22O8/c1-23-8-2-3-9(11(19)6-8)10(18)4-5-12-14(20)16(22)15(21)13(7-17)24-12/h2-3,6,12-17,19-22H,4-5,7H2,1H3/t12-,13+,14-,15+,16+/m0/s1. The highest BCUT2D eigenvalue weighted by Gasteiger charge is 2.43. The molecule has 1 aromatic carbocycles. The minimum atomic E-state index is -1.47. The Hall–Kier alpha value is -1.71. The maximum atomic E-state index is 12.2. The van der Waals surface area contributed by atoms with Gasteiger partial charge in [0.05, 0.1) is 25.4 Å². The summed E-state index contributed by atoms with van der Waals surface area (Å²) in [5.41, 5.74) is 0.111. The van der Waals surface area contributed by atoms with Gasteiger partial charge in [0, 0.05) is 12.5 Å². The molecule has 8 heteroatoms. The second kappa shape index (κ2) is 7.91. The molecule has 0 saturated carbocycles. The molecule has 1 saturated heterocycles. The van der Waals surface area contributed by atoms with Crippen molar-refractivity contribution in [1.29, 1.82) is 0 Å². The number of carbonyl (C=O) groups is 1. The van der Waals surface area contributed by atoms with Crippen LogP contribution in [0.5, 0.6) is 11.5 Å². The summed E-state index contributed by atoms with van der Waals surface area (Å²) in [5, 5.41) is 48.4. The molecular weight excluding hydrogens is 320 g/mol. The van der Waals surface area contributed by atoms with E-state index in [1.165, 1.54) is 19.2 Å². The van der Waals surface area contributed by atoms with Gasteiger partial charge in [-0.05, 0) is 18.6 Å². The van der Waals surface area contributed by atoms with Crippen LogP contribution in [0.25, 0.3) is 0 Å². The quantitative estimate of drug-likeness (QED) is 0.424. The van der Waals surface area contributed by atoms with Crippen LogP contribution in [0.3, 0.4) is 0 Å². The normalized spacial score (nSPS) is 30.1. The van der Waals surface area contributed by atoms with Gasteiger partial charge in [-0.1, -0.05) is 0 Å². The number of Topliss-reactive ketones (excluding diaryl/α,β-unsaturated/α-hetero) is 1. The van der Waals surface area contributed by atoms with Crippen molar-refractivity contribution in [3.63, 3.8) is 0 Å². The fraction of sp³-hybridized carbons (Fsp3) is 0.562. The summed E-state index contributed by atoms with van der Waals surface area (Å²) in [6, 6.07) is 4.30. The molecule has 134 valence electrons. The molecule has 1 fully saturated rings. The maximum absolute atomic E-state index is 12.2. The smallest absolute Gasteiger partial charge is 0.166 e. The highest BCUT2D eigenvalue weighted by atomic mass is 16.5. The van der Waals surface area contributed by atoms with Crippen molar-refractivity contribution >= 4 is 5.78 Å². The van der Waals surface area contributed by atoms with Gasteiger partial charge in [-0.15, -0.1) is 0 Å². The summed E-state index contributed by atoms with van der Waals surface area (Å²) in [4.78, 5) is 12.2. The number of phenols is 1. The number of ether oxygens (including phenoxy) is 2. The summed E-state index contributed by atoms with van der Waals surface area (Å²) in [6.45, 7) is -0.519. The van der Waals surface area contributed by atoms with E-state index in [2.05, 4.69) is 0 Å². The topological polar surface area (TPSA) is 137 Å². The van der Waals surface area contributed by atoms with Crippen LogP contribution in [0.15, 0.2) is 18.2 Å². The molecule has 5 N–H and O–H groups in total.